The molecule has 0 aromatic carbocycles. The lowest BCUT2D eigenvalue weighted by molar-refractivity contribution is -0.313. The van der Waals surface area contributed by atoms with Crippen molar-refractivity contribution in [3.63, 3.8) is 0 Å². The summed E-state index contributed by atoms with van der Waals surface area (Å²) in [4.78, 5) is 12.7. The molecule has 0 aromatic heterocycles. The maximum atomic E-state index is 12.7. The van der Waals surface area contributed by atoms with Crippen molar-refractivity contribution in [3.8, 4) is 0 Å². The first-order chi connectivity index (χ1) is 31.3. The summed E-state index contributed by atoms with van der Waals surface area (Å²) in [5.74, 6) is 4.56. The average Bonchev–Trinajstić information content (AvgIpc) is 3.65. The van der Waals surface area contributed by atoms with E-state index in [9.17, 15) is 20.1 Å². The van der Waals surface area contributed by atoms with Gasteiger partial charge in [-0.1, -0.05) is 201 Å². The highest BCUT2D eigenvalue weighted by molar-refractivity contribution is 5.69. The van der Waals surface area contributed by atoms with Crippen molar-refractivity contribution in [1.82, 2.24) is 0 Å². The number of allylic oxidation sites excluding steroid dienone is 3. The van der Waals surface area contributed by atoms with Crippen molar-refractivity contribution in [2.24, 2.45) is 52.3 Å². The van der Waals surface area contributed by atoms with Crippen LogP contribution in [0.4, 0.5) is 0 Å². The van der Waals surface area contributed by atoms with E-state index in [0.29, 0.717) is 35.5 Å². The molecule has 1 saturated heterocycles. The Morgan fingerprint density at radius 1 is 0.708 bits per heavy atom. The zero-order valence-electron chi connectivity index (χ0n) is 43.1. The Morgan fingerprint density at radius 3 is 1.85 bits per heavy atom. The van der Waals surface area contributed by atoms with Crippen LogP contribution in [0.5, 0.6) is 0 Å². The van der Waals surface area contributed by atoms with Gasteiger partial charge < -0.3 is 29.5 Å². The molecule has 14 atom stereocenters. The predicted molar refractivity (Wildman–Crippen MR) is 267 cm³/mol. The Kier molecular flexibility index (Phi) is 23.4. The molecule has 7 nitrogen and oxygen atoms in total. The lowest BCUT2D eigenvalue weighted by Gasteiger charge is -2.58. The summed E-state index contributed by atoms with van der Waals surface area (Å²) < 4.78 is 18.1. The van der Waals surface area contributed by atoms with E-state index in [2.05, 4.69) is 66.7 Å². The number of ether oxygens (including phenoxy) is 3. The number of carbonyl (C=O) groups excluding carboxylic acids is 1. The van der Waals surface area contributed by atoms with E-state index in [1.807, 2.05) is 0 Å². The molecule has 0 amide bonds. The molecule has 1 heterocycles. The number of hydrogen-bond donors (Lipinski definition) is 3. The molecule has 0 bridgehead atoms. The van der Waals surface area contributed by atoms with Crippen LogP contribution in [0.25, 0.3) is 0 Å². The van der Waals surface area contributed by atoms with Crippen molar-refractivity contribution < 1.29 is 34.3 Å². The molecule has 5 rings (SSSR count). The van der Waals surface area contributed by atoms with E-state index in [0.717, 1.165) is 62.7 Å². The Bertz CT molecular complexity index is 1410. The molecule has 4 aliphatic carbocycles. The summed E-state index contributed by atoms with van der Waals surface area (Å²) >= 11 is 0. The topological polar surface area (TPSA) is 105 Å². The minimum atomic E-state index is -1.45. The third kappa shape index (κ3) is 15.6. The van der Waals surface area contributed by atoms with Crippen LogP contribution < -0.4 is 0 Å². The van der Waals surface area contributed by atoms with Gasteiger partial charge in [-0.15, -0.1) is 0 Å². The highest BCUT2D eigenvalue weighted by Gasteiger charge is 2.59. The first-order valence-corrected chi connectivity index (χ1v) is 28.2. The van der Waals surface area contributed by atoms with Crippen molar-refractivity contribution >= 4 is 5.97 Å². The van der Waals surface area contributed by atoms with Gasteiger partial charge in [0, 0.05) is 6.42 Å². The smallest absolute Gasteiger partial charge is 0.305 e. The maximum Gasteiger partial charge on any atom is 0.305 e. The summed E-state index contributed by atoms with van der Waals surface area (Å²) in [6.45, 7) is 16.7. The molecule has 0 spiro atoms. The van der Waals surface area contributed by atoms with Crippen LogP contribution in [-0.4, -0.2) is 64.7 Å². The number of carbonyl (C=O) groups is 1. The SMILES string of the molecule is CCCCCCCCCCCCCCCCCCCCCCCC(=O)OCC1OC(OC2CCC3(C)C(=CCC4C3CCC3(C)C(C(C)/C=C/C(C)C(C)C)CCC43)C2)C(O)C(O)C1O. The Morgan fingerprint density at radius 2 is 1.28 bits per heavy atom. The van der Waals surface area contributed by atoms with E-state index in [-0.39, 0.29) is 24.1 Å². The summed E-state index contributed by atoms with van der Waals surface area (Å²) in [6, 6.07) is 0. The first-order valence-electron chi connectivity index (χ1n) is 28.2. The van der Waals surface area contributed by atoms with Crippen LogP contribution in [0.2, 0.25) is 0 Å². The van der Waals surface area contributed by atoms with Crippen LogP contribution in [0, 0.1) is 52.3 Å². The monoisotopic (exact) mass is 911 g/mol. The third-order valence-corrected chi connectivity index (χ3v) is 18.4. The minimum absolute atomic E-state index is 0.147. The molecular weight excluding hydrogens is 809 g/mol. The van der Waals surface area contributed by atoms with Crippen LogP contribution >= 0.6 is 0 Å². The maximum absolute atomic E-state index is 12.7. The molecule has 7 heteroatoms. The summed E-state index contributed by atoms with van der Waals surface area (Å²) in [6.07, 6.45) is 38.4. The fourth-order valence-electron chi connectivity index (χ4n) is 13.7. The summed E-state index contributed by atoms with van der Waals surface area (Å²) in [5, 5.41) is 32.6. The van der Waals surface area contributed by atoms with Crippen LogP contribution in [0.15, 0.2) is 23.8 Å². The molecule has 376 valence electrons. The fourth-order valence-corrected chi connectivity index (χ4v) is 13.7. The molecule has 0 aromatic rings. The predicted octanol–water partition coefficient (Wildman–Crippen LogP) is 14.4. The standard InChI is InChI=1S/C58H102O7/c1-8-9-10-11-12-13-14-15-16-17-18-19-20-21-22-23-24-25-26-27-28-29-52(59)63-41-51-53(60)54(61)55(62)56(65-51)64-46-36-38-57(6)45(40-46)32-33-47-49-35-34-48(58(49,7)39-37-50(47)57)44(5)31-30-43(4)42(2)3/h30-32,42-44,46-51,53-56,60-62H,8-29,33-41H2,1-7H3/b31-30+. The first kappa shape index (κ1) is 54.7. The molecule has 3 saturated carbocycles. The lowest BCUT2D eigenvalue weighted by Crippen LogP contribution is -2.60. The van der Waals surface area contributed by atoms with Gasteiger partial charge in [0.1, 0.15) is 31.0 Å². The molecule has 3 N–H and O–H groups in total. The number of fused-ring (bicyclic) bond motifs is 5. The van der Waals surface area contributed by atoms with Crippen molar-refractivity contribution in [1.29, 1.82) is 0 Å². The number of aliphatic hydroxyl groups excluding tert-OH is 3. The van der Waals surface area contributed by atoms with E-state index in [4.69, 9.17) is 14.2 Å². The lowest BCUT2D eigenvalue weighted by atomic mass is 9.47. The average molecular weight is 911 g/mol. The van der Waals surface area contributed by atoms with E-state index < -0.39 is 30.7 Å². The van der Waals surface area contributed by atoms with Gasteiger partial charge in [-0.3, -0.25) is 4.79 Å². The van der Waals surface area contributed by atoms with Crippen LogP contribution in [0.1, 0.15) is 241 Å². The molecule has 65 heavy (non-hydrogen) atoms. The molecule has 4 fully saturated rings. The van der Waals surface area contributed by atoms with E-state index in [1.54, 1.807) is 0 Å². The zero-order valence-corrected chi connectivity index (χ0v) is 43.1. The van der Waals surface area contributed by atoms with Gasteiger partial charge in [0.15, 0.2) is 6.29 Å². The van der Waals surface area contributed by atoms with Crippen LogP contribution in [0.3, 0.4) is 0 Å². The van der Waals surface area contributed by atoms with E-state index >= 15 is 0 Å². The third-order valence-electron chi connectivity index (χ3n) is 18.4. The molecule has 1 aliphatic heterocycles. The second kappa shape index (κ2) is 27.8. The van der Waals surface area contributed by atoms with Crippen LogP contribution in [-0.2, 0) is 19.0 Å². The molecule has 14 unspecified atom stereocenters. The van der Waals surface area contributed by atoms with Crippen molar-refractivity contribution in [2.45, 2.75) is 278 Å². The van der Waals surface area contributed by atoms with Gasteiger partial charge in [-0.05, 0) is 110 Å². The number of aliphatic hydroxyl groups is 3. The largest absolute Gasteiger partial charge is 0.463 e. The Labute approximate surface area is 399 Å². The second-order valence-electron chi connectivity index (χ2n) is 23.4. The normalized spacial score (nSPS) is 34.5. The summed E-state index contributed by atoms with van der Waals surface area (Å²) in [5.41, 5.74) is 2.05. The molecule has 0 radical (unpaired) electrons. The molecular formula is C58H102O7. The van der Waals surface area contributed by atoms with Gasteiger partial charge in [0.2, 0.25) is 0 Å². The van der Waals surface area contributed by atoms with Gasteiger partial charge >= 0.3 is 5.97 Å². The van der Waals surface area contributed by atoms with Gasteiger partial charge in [0.05, 0.1) is 6.10 Å². The number of unbranched alkanes of at least 4 members (excludes halogenated alkanes) is 20. The second-order valence-corrected chi connectivity index (χ2v) is 23.4. The van der Waals surface area contributed by atoms with E-state index in [1.165, 1.54) is 147 Å². The summed E-state index contributed by atoms with van der Waals surface area (Å²) in [7, 11) is 0. The molecule has 5 aliphatic rings. The number of rotatable bonds is 30. The minimum Gasteiger partial charge on any atom is -0.463 e. The van der Waals surface area contributed by atoms with Gasteiger partial charge in [-0.25, -0.2) is 0 Å². The number of esters is 1. The fraction of sp³-hybridized carbons (Fsp3) is 0.914. The highest BCUT2D eigenvalue weighted by Crippen LogP contribution is 2.67. The van der Waals surface area contributed by atoms with Gasteiger partial charge in [-0.2, -0.15) is 0 Å². The van der Waals surface area contributed by atoms with Gasteiger partial charge in [0.25, 0.3) is 0 Å². The quantitative estimate of drug-likeness (QED) is 0.0374. The highest BCUT2D eigenvalue weighted by atomic mass is 16.7. The zero-order chi connectivity index (χ0) is 46.8. The van der Waals surface area contributed by atoms with Crippen molar-refractivity contribution in [3.05, 3.63) is 23.8 Å². The van der Waals surface area contributed by atoms with Crippen molar-refractivity contribution in [2.75, 3.05) is 6.61 Å². The Balaban J connectivity index is 0.935. The number of hydrogen-bond acceptors (Lipinski definition) is 7. The Hall–Kier alpha value is -1.25.